The Morgan fingerprint density at radius 2 is 2.36 bits per heavy atom. The van der Waals surface area contributed by atoms with E-state index in [9.17, 15) is 9.90 Å². The van der Waals surface area contributed by atoms with Gasteiger partial charge in [-0.15, -0.1) is 0 Å². The number of quaternary nitrogens is 1. The van der Waals surface area contributed by atoms with E-state index >= 15 is 0 Å². The van der Waals surface area contributed by atoms with E-state index in [1.807, 2.05) is 7.05 Å². The summed E-state index contributed by atoms with van der Waals surface area (Å²) < 4.78 is 0.655. The normalized spacial score (nSPS) is 37.5. The van der Waals surface area contributed by atoms with E-state index in [-0.39, 0.29) is 6.54 Å². The second-order valence-corrected chi connectivity index (χ2v) is 3.72. The molecule has 0 aromatic carbocycles. The van der Waals surface area contributed by atoms with Crippen LogP contribution in [0.15, 0.2) is 0 Å². The molecule has 1 rings (SSSR count). The van der Waals surface area contributed by atoms with Crippen LogP contribution < -0.4 is 5.11 Å². The maximum absolute atomic E-state index is 10.4. The largest absolute Gasteiger partial charge is 0.544 e. The zero-order valence-corrected chi connectivity index (χ0v) is 7.17. The molecule has 2 atom stereocenters. The molecule has 64 valence electrons. The van der Waals surface area contributed by atoms with Crippen molar-refractivity contribution >= 4 is 5.97 Å². The lowest BCUT2D eigenvalue weighted by molar-refractivity contribution is -0.913. The average molecular weight is 157 g/mol. The van der Waals surface area contributed by atoms with Crippen molar-refractivity contribution in [1.29, 1.82) is 0 Å². The van der Waals surface area contributed by atoms with Gasteiger partial charge in [-0.1, -0.05) is 0 Å². The van der Waals surface area contributed by atoms with Crippen LogP contribution in [0.2, 0.25) is 0 Å². The number of likely N-dealkylation sites (N-methyl/N-ethyl adjacent to an activating group) is 1. The second kappa shape index (κ2) is 2.81. The first kappa shape index (κ1) is 8.53. The third kappa shape index (κ3) is 1.71. The number of carbonyl (C=O) groups excluding carboxylic acids is 1. The molecule has 3 heteroatoms. The topological polar surface area (TPSA) is 40.1 Å². The number of carboxylic acid groups (broad SMARTS) is 1. The van der Waals surface area contributed by atoms with E-state index < -0.39 is 5.97 Å². The number of nitrogens with zero attached hydrogens (tertiary/aromatic N) is 1. The van der Waals surface area contributed by atoms with Crippen molar-refractivity contribution in [2.24, 2.45) is 0 Å². The molecule has 0 aliphatic carbocycles. The summed E-state index contributed by atoms with van der Waals surface area (Å²) >= 11 is 0. The average Bonchev–Trinajstić information content (AvgIpc) is 2.11. The quantitative estimate of drug-likeness (QED) is 0.500. The standard InChI is InChI=1S/C8H15NO2/c1-7-4-3-5-9(7,2)6-8(10)11/h7H,3-6H2,1-2H3. The fourth-order valence-electron chi connectivity index (χ4n) is 1.81. The van der Waals surface area contributed by atoms with Crippen LogP contribution in [0.1, 0.15) is 19.8 Å². The van der Waals surface area contributed by atoms with E-state index in [4.69, 9.17) is 0 Å². The Labute approximate surface area is 67.2 Å². The molecule has 2 unspecified atom stereocenters. The van der Waals surface area contributed by atoms with Crippen molar-refractivity contribution in [3.63, 3.8) is 0 Å². The van der Waals surface area contributed by atoms with Gasteiger partial charge < -0.3 is 14.4 Å². The summed E-state index contributed by atoms with van der Waals surface area (Å²) in [7, 11) is 1.99. The molecular formula is C8H15NO2. The lowest BCUT2D eigenvalue weighted by Crippen LogP contribution is -2.53. The third-order valence-electron chi connectivity index (χ3n) is 2.85. The Balaban J connectivity index is 2.58. The lowest BCUT2D eigenvalue weighted by Gasteiger charge is -2.34. The van der Waals surface area contributed by atoms with Gasteiger partial charge in [0.1, 0.15) is 6.54 Å². The van der Waals surface area contributed by atoms with Gasteiger partial charge >= 0.3 is 0 Å². The molecule has 0 radical (unpaired) electrons. The van der Waals surface area contributed by atoms with Gasteiger partial charge in [-0.25, -0.2) is 0 Å². The summed E-state index contributed by atoms with van der Waals surface area (Å²) in [6, 6.07) is 0.480. The molecular weight excluding hydrogens is 142 g/mol. The van der Waals surface area contributed by atoms with E-state index in [0.29, 0.717) is 10.5 Å². The predicted molar refractivity (Wildman–Crippen MR) is 39.6 cm³/mol. The fraction of sp³-hybridized carbons (Fsp3) is 0.875. The lowest BCUT2D eigenvalue weighted by atomic mass is 10.2. The minimum absolute atomic E-state index is 0.168. The Hall–Kier alpha value is -0.570. The molecule has 0 bridgehead atoms. The third-order valence-corrected chi connectivity index (χ3v) is 2.85. The van der Waals surface area contributed by atoms with E-state index in [0.717, 1.165) is 19.4 Å². The summed E-state index contributed by atoms with van der Waals surface area (Å²) in [5, 5.41) is 10.4. The van der Waals surface area contributed by atoms with Crippen molar-refractivity contribution in [2.75, 3.05) is 20.1 Å². The van der Waals surface area contributed by atoms with E-state index in [2.05, 4.69) is 6.92 Å². The monoisotopic (exact) mass is 157 g/mol. The molecule has 11 heavy (non-hydrogen) atoms. The molecule has 0 aromatic rings. The molecule has 0 aromatic heterocycles. The minimum Gasteiger partial charge on any atom is -0.544 e. The van der Waals surface area contributed by atoms with Crippen LogP contribution in [0.3, 0.4) is 0 Å². The SMILES string of the molecule is CC1CCC[N+]1(C)CC(=O)[O-]. The number of carbonyl (C=O) groups is 1. The molecule has 1 heterocycles. The number of aliphatic carboxylic acids is 1. The van der Waals surface area contributed by atoms with Gasteiger partial charge in [-0.3, -0.25) is 0 Å². The Kier molecular flexibility index (Phi) is 2.18. The highest BCUT2D eigenvalue weighted by Crippen LogP contribution is 2.23. The molecule has 1 saturated heterocycles. The van der Waals surface area contributed by atoms with Crippen LogP contribution in [0.4, 0.5) is 0 Å². The van der Waals surface area contributed by atoms with Crippen molar-refractivity contribution in [3.05, 3.63) is 0 Å². The molecule has 0 saturated carbocycles. The van der Waals surface area contributed by atoms with Crippen molar-refractivity contribution in [2.45, 2.75) is 25.8 Å². The first-order chi connectivity index (χ1) is 5.04. The number of carboxylic acids is 1. The number of hydrogen-bond acceptors (Lipinski definition) is 2. The summed E-state index contributed by atoms with van der Waals surface area (Å²) in [6.45, 7) is 3.26. The molecule has 3 nitrogen and oxygen atoms in total. The van der Waals surface area contributed by atoms with Gasteiger partial charge in [0.25, 0.3) is 0 Å². The Bertz CT molecular complexity index is 169. The molecule has 1 aliphatic rings. The van der Waals surface area contributed by atoms with Crippen LogP contribution >= 0.6 is 0 Å². The predicted octanol–water partition coefficient (Wildman–Crippen LogP) is -0.635. The number of hydrogen-bond donors (Lipinski definition) is 0. The number of likely N-dealkylation sites (tertiary alicyclic amines) is 1. The highest BCUT2D eigenvalue weighted by Gasteiger charge is 2.34. The van der Waals surface area contributed by atoms with Gasteiger partial charge in [-0.2, -0.15) is 0 Å². The highest BCUT2D eigenvalue weighted by molar-refractivity contribution is 5.65. The van der Waals surface area contributed by atoms with Gasteiger partial charge in [0, 0.05) is 12.8 Å². The molecule has 0 N–H and O–H groups in total. The van der Waals surface area contributed by atoms with Gasteiger partial charge in [0.05, 0.1) is 25.6 Å². The van der Waals surface area contributed by atoms with Crippen LogP contribution in [-0.4, -0.2) is 36.6 Å². The van der Waals surface area contributed by atoms with Crippen LogP contribution in [0, 0.1) is 0 Å². The van der Waals surface area contributed by atoms with E-state index in [1.165, 1.54) is 0 Å². The van der Waals surface area contributed by atoms with Crippen molar-refractivity contribution in [3.8, 4) is 0 Å². The first-order valence-corrected chi connectivity index (χ1v) is 4.09. The summed E-state index contributed by atoms with van der Waals surface area (Å²) in [5.41, 5.74) is 0. The second-order valence-electron chi connectivity index (χ2n) is 3.72. The van der Waals surface area contributed by atoms with Crippen molar-refractivity contribution < 1.29 is 14.4 Å². The van der Waals surface area contributed by atoms with Crippen LogP contribution in [0.25, 0.3) is 0 Å². The Morgan fingerprint density at radius 3 is 2.73 bits per heavy atom. The van der Waals surface area contributed by atoms with Crippen molar-refractivity contribution in [1.82, 2.24) is 0 Å². The first-order valence-electron chi connectivity index (χ1n) is 4.09. The molecule has 1 fully saturated rings. The van der Waals surface area contributed by atoms with Gasteiger partial charge in [0.2, 0.25) is 0 Å². The van der Waals surface area contributed by atoms with Gasteiger partial charge in [0.15, 0.2) is 0 Å². The molecule has 0 spiro atoms. The van der Waals surface area contributed by atoms with E-state index in [1.54, 1.807) is 0 Å². The smallest absolute Gasteiger partial charge is 0.119 e. The zero-order chi connectivity index (χ0) is 8.48. The van der Waals surface area contributed by atoms with Crippen LogP contribution in [-0.2, 0) is 4.79 Å². The summed E-state index contributed by atoms with van der Waals surface area (Å²) in [5.74, 6) is -0.929. The van der Waals surface area contributed by atoms with Crippen LogP contribution in [0.5, 0.6) is 0 Å². The summed E-state index contributed by atoms with van der Waals surface area (Å²) in [6.07, 6.45) is 2.29. The Morgan fingerprint density at radius 1 is 1.73 bits per heavy atom. The maximum Gasteiger partial charge on any atom is 0.119 e. The fourth-order valence-corrected chi connectivity index (χ4v) is 1.81. The van der Waals surface area contributed by atoms with Gasteiger partial charge in [-0.05, 0) is 6.92 Å². The maximum atomic E-state index is 10.4. The molecule has 0 amide bonds. The molecule has 1 aliphatic heterocycles. The highest BCUT2D eigenvalue weighted by atomic mass is 16.4. The minimum atomic E-state index is -0.929. The number of rotatable bonds is 2. The zero-order valence-electron chi connectivity index (χ0n) is 7.17. The summed E-state index contributed by atoms with van der Waals surface area (Å²) in [4.78, 5) is 10.4.